The molecule has 0 saturated carbocycles. The Morgan fingerprint density at radius 3 is 2.53 bits per heavy atom. The zero-order chi connectivity index (χ0) is 21.7. The van der Waals surface area contributed by atoms with E-state index in [4.69, 9.17) is 4.74 Å². The fourth-order valence-electron chi connectivity index (χ4n) is 2.86. The summed E-state index contributed by atoms with van der Waals surface area (Å²) in [5.41, 5.74) is 0.0883. The van der Waals surface area contributed by atoms with Crippen LogP contribution < -0.4 is 15.0 Å². The molecular weight excluding hydrogens is 390 g/mol. The van der Waals surface area contributed by atoms with E-state index in [1.54, 1.807) is 31.2 Å². The van der Waals surface area contributed by atoms with E-state index in [1.165, 1.54) is 42.5 Å². The van der Waals surface area contributed by atoms with Crippen LogP contribution in [0, 0.1) is 10.1 Å². The molecule has 2 aromatic rings. The minimum Gasteiger partial charge on any atom is -0.492 e. The van der Waals surface area contributed by atoms with Crippen LogP contribution in [-0.2, 0) is 9.59 Å². The van der Waals surface area contributed by atoms with Gasteiger partial charge in [0.25, 0.3) is 17.5 Å². The van der Waals surface area contributed by atoms with Gasteiger partial charge in [-0.25, -0.2) is 9.69 Å². The molecule has 1 heterocycles. The van der Waals surface area contributed by atoms with Crippen LogP contribution in [0.15, 0.2) is 66.3 Å². The van der Waals surface area contributed by atoms with Crippen LogP contribution in [0.4, 0.5) is 16.2 Å². The predicted octanol–water partition coefficient (Wildman–Crippen LogP) is 3.22. The Labute approximate surface area is 171 Å². The molecule has 1 aliphatic rings. The Balaban J connectivity index is 1.95. The maximum Gasteiger partial charge on any atom is 0.336 e. The van der Waals surface area contributed by atoms with Gasteiger partial charge in [0.05, 0.1) is 22.8 Å². The summed E-state index contributed by atoms with van der Waals surface area (Å²) in [4.78, 5) is 48.8. The Morgan fingerprint density at radius 1 is 1.10 bits per heavy atom. The van der Waals surface area contributed by atoms with Crippen LogP contribution in [0.2, 0.25) is 0 Å². The summed E-state index contributed by atoms with van der Waals surface area (Å²) in [6, 6.07) is 11.6. The summed E-state index contributed by atoms with van der Waals surface area (Å²) in [6.45, 7) is 2.08. The molecule has 1 fully saturated rings. The van der Waals surface area contributed by atoms with Gasteiger partial charge in [0.2, 0.25) is 0 Å². The number of urea groups is 1. The van der Waals surface area contributed by atoms with E-state index in [0.717, 1.165) is 4.90 Å². The van der Waals surface area contributed by atoms with Crippen molar-refractivity contribution in [2.45, 2.75) is 6.92 Å². The lowest BCUT2D eigenvalue weighted by Crippen LogP contribution is -2.54. The molecule has 1 N–H and O–H groups in total. The number of para-hydroxylation sites is 3. The van der Waals surface area contributed by atoms with Gasteiger partial charge in [-0.3, -0.25) is 25.0 Å². The van der Waals surface area contributed by atoms with Gasteiger partial charge in [-0.05, 0) is 37.3 Å². The van der Waals surface area contributed by atoms with Crippen LogP contribution in [-0.4, -0.2) is 29.4 Å². The van der Waals surface area contributed by atoms with Crippen molar-refractivity contribution < 1.29 is 24.0 Å². The molecule has 2 aromatic carbocycles. The molecule has 0 spiro atoms. The molecule has 1 saturated heterocycles. The highest BCUT2D eigenvalue weighted by molar-refractivity contribution is 6.38. The number of anilines is 1. The topological polar surface area (TPSA) is 119 Å². The molecule has 4 amide bonds. The lowest BCUT2D eigenvalue weighted by Gasteiger charge is -2.27. The van der Waals surface area contributed by atoms with E-state index in [-0.39, 0.29) is 16.9 Å². The van der Waals surface area contributed by atoms with E-state index in [9.17, 15) is 24.5 Å². The second-order valence-corrected chi connectivity index (χ2v) is 6.06. The van der Waals surface area contributed by atoms with Crippen LogP contribution in [0.1, 0.15) is 12.5 Å². The van der Waals surface area contributed by atoms with Crippen molar-refractivity contribution in [3.05, 3.63) is 81.9 Å². The number of nitro groups is 1. The van der Waals surface area contributed by atoms with Gasteiger partial charge >= 0.3 is 6.03 Å². The molecule has 1 aliphatic heterocycles. The number of amides is 4. The van der Waals surface area contributed by atoms with Crippen molar-refractivity contribution in [1.82, 2.24) is 5.32 Å². The monoisotopic (exact) mass is 407 g/mol. The van der Waals surface area contributed by atoms with Crippen molar-refractivity contribution in [2.24, 2.45) is 0 Å². The number of carbonyl (C=O) groups excluding carboxylic acids is 3. The average Bonchev–Trinajstić information content (AvgIpc) is 2.72. The van der Waals surface area contributed by atoms with Crippen LogP contribution in [0.25, 0.3) is 6.08 Å². The summed E-state index contributed by atoms with van der Waals surface area (Å²) in [5, 5.41) is 13.2. The highest BCUT2D eigenvalue weighted by atomic mass is 16.6. The second-order valence-electron chi connectivity index (χ2n) is 6.06. The predicted molar refractivity (Wildman–Crippen MR) is 109 cm³/mol. The normalized spacial score (nSPS) is 15.6. The minimum absolute atomic E-state index is 0.117. The molecule has 3 rings (SSSR count). The maximum absolute atomic E-state index is 12.9. The van der Waals surface area contributed by atoms with Crippen LogP contribution >= 0.6 is 0 Å². The largest absolute Gasteiger partial charge is 0.492 e. The number of barbiturate groups is 1. The van der Waals surface area contributed by atoms with Crippen molar-refractivity contribution in [3.8, 4) is 5.75 Å². The lowest BCUT2D eigenvalue weighted by molar-refractivity contribution is -0.385. The second kappa shape index (κ2) is 8.82. The third-order valence-electron chi connectivity index (χ3n) is 4.18. The summed E-state index contributed by atoms with van der Waals surface area (Å²) >= 11 is 0. The smallest absolute Gasteiger partial charge is 0.336 e. The lowest BCUT2D eigenvalue weighted by atomic mass is 10.1. The number of allylic oxidation sites excluding steroid dienone is 2. The summed E-state index contributed by atoms with van der Waals surface area (Å²) in [5.74, 6) is -1.38. The quantitative estimate of drug-likeness (QED) is 0.340. The van der Waals surface area contributed by atoms with E-state index < -0.39 is 22.8 Å². The van der Waals surface area contributed by atoms with Crippen LogP contribution in [0.3, 0.4) is 0 Å². The number of imide groups is 2. The number of benzene rings is 2. The van der Waals surface area contributed by atoms with Gasteiger partial charge in [-0.15, -0.1) is 0 Å². The molecule has 0 aromatic heterocycles. The number of nitrogens with zero attached hydrogens (tertiary/aromatic N) is 2. The molecule has 0 atom stereocenters. The van der Waals surface area contributed by atoms with Gasteiger partial charge in [0.15, 0.2) is 0 Å². The molecule has 152 valence electrons. The average molecular weight is 407 g/mol. The molecule has 9 heteroatoms. The summed E-state index contributed by atoms with van der Waals surface area (Å²) in [6.07, 6.45) is 3.95. The van der Waals surface area contributed by atoms with Crippen molar-refractivity contribution in [2.75, 3.05) is 11.5 Å². The van der Waals surface area contributed by atoms with Crippen LogP contribution in [0.5, 0.6) is 5.75 Å². The highest BCUT2D eigenvalue weighted by Crippen LogP contribution is 2.30. The third kappa shape index (κ3) is 4.09. The number of rotatable bonds is 6. The van der Waals surface area contributed by atoms with Crippen molar-refractivity contribution in [3.63, 3.8) is 0 Å². The van der Waals surface area contributed by atoms with Gasteiger partial charge in [-0.1, -0.05) is 30.3 Å². The molecule has 9 nitrogen and oxygen atoms in total. The Kier molecular flexibility index (Phi) is 6.02. The number of hydrogen-bond acceptors (Lipinski definition) is 6. The number of nitrogens with one attached hydrogen (secondary N) is 1. The molecular formula is C21H17N3O6. The third-order valence-corrected chi connectivity index (χ3v) is 4.18. The van der Waals surface area contributed by atoms with Gasteiger partial charge in [-0.2, -0.15) is 0 Å². The van der Waals surface area contributed by atoms with Crippen molar-refractivity contribution >= 4 is 35.3 Å². The fourth-order valence-corrected chi connectivity index (χ4v) is 2.86. The summed E-state index contributed by atoms with van der Waals surface area (Å²) < 4.78 is 5.47. The molecule has 0 radical (unpaired) electrons. The summed E-state index contributed by atoms with van der Waals surface area (Å²) in [7, 11) is 0. The minimum atomic E-state index is -0.892. The number of nitro benzene ring substituents is 1. The standard InChI is InChI=1S/C21H17N3O6/c1-2-30-18-13-6-5-12-17(18)23-20(26)15(19(25)22-21(23)27)10-7-9-14-8-3-4-11-16(14)24(28)29/h3-13H,2H2,1H3,(H,22,25,27)/b9-7+,15-10+. The Hall–Kier alpha value is -4.27. The van der Waals surface area contributed by atoms with Gasteiger partial charge < -0.3 is 4.74 Å². The first-order valence-electron chi connectivity index (χ1n) is 8.97. The van der Waals surface area contributed by atoms with Gasteiger partial charge in [0, 0.05) is 6.07 Å². The number of hydrogen-bond donors (Lipinski definition) is 1. The maximum atomic E-state index is 12.9. The number of ether oxygens (including phenoxy) is 1. The first-order valence-corrected chi connectivity index (χ1v) is 8.97. The Bertz CT molecular complexity index is 1090. The highest BCUT2D eigenvalue weighted by Gasteiger charge is 2.37. The number of carbonyl (C=O) groups is 3. The molecule has 0 bridgehead atoms. The van der Waals surface area contributed by atoms with E-state index >= 15 is 0 Å². The van der Waals surface area contributed by atoms with Gasteiger partial charge in [0.1, 0.15) is 11.3 Å². The Morgan fingerprint density at radius 2 is 1.80 bits per heavy atom. The SMILES string of the molecule is CCOc1ccccc1N1C(=O)NC(=O)/C(=C\C=C\c2ccccc2[N+](=O)[O-])C1=O. The molecule has 0 unspecified atom stereocenters. The molecule has 30 heavy (non-hydrogen) atoms. The fraction of sp³-hybridized carbons (Fsp3) is 0.0952. The van der Waals surface area contributed by atoms with E-state index in [1.807, 2.05) is 0 Å². The van der Waals surface area contributed by atoms with E-state index in [0.29, 0.717) is 17.9 Å². The zero-order valence-corrected chi connectivity index (χ0v) is 15.9. The first kappa shape index (κ1) is 20.5. The van der Waals surface area contributed by atoms with E-state index in [2.05, 4.69) is 5.32 Å². The first-order chi connectivity index (χ1) is 14.4. The van der Waals surface area contributed by atoms with Crippen molar-refractivity contribution in [1.29, 1.82) is 0 Å². The molecule has 0 aliphatic carbocycles. The zero-order valence-electron chi connectivity index (χ0n) is 15.9.